The maximum absolute atomic E-state index is 13.4. The van der Waals surface area contributed by atoms with Crippen LogP contribution in [0.1, 0.15) is 63.5 Å². The molecular weight excluding hydrogens is 404 g/mol. The fraction of sp³-hybridized carbons (Fsp3) is 0.640. The van der Waals surface area contributed by atoms with Crippen molar-refractivity contribution < 1.29 is 9.59 Å². The van der Waals surface area contributed by atoms with Gasteiger partial charge in [0.15, 0.2) is 5.78 Å². The van der Waals surface area contributed by atoms with Crippen LogP contribution in [0.15, 0.2) is 16.9 Å². The Morgan fingerprint density at radius 2 is 1.69 bits per heavy atom. The predicted octanol–water partition coefficient (Wildman–Crippen LogP) is 2.73. The van der Waals surface area contributed by atoms with E-state index in [-0.39, 0.29) is 23.2 Å². The number of aromatic nitrogens is 2. The first-order valence-corrected chi connectivity index (χ1v) is 12.2. The number of carbonyl (C=O) groups is 2. The lowest BCUT2D eigenvalue weighted by Gasteiger charge is -2.40. The van der Waals surface area contributed by atoms with E-state index in [1.807, 2.05) is 20.0 Å². The van der Waals surface area contributed by atoms with E-state index >= 15 is 0 Å². The molecule has 2 atom stereocenters. The van der Waals surface area contributed by atoms with Gasteiger partial charge in [-0.2, -0.15) is 0 Å². The Balaban J connectivity index is 1.59. The summed E-state index contributed by atoms with van der Waals surface area (Å²) in [4.78, 5) is 41.4. The van der Waals surface area contributed by atoms with Crippen LogP contribution < -0.4 is 15.9 Å². The number of anilines is 1. The van der Waals surface area contributed by atoms with Gasteiger partial charge < -0.3 is 10.2 Å². The summed E-state index contributed by atoms with van der Waals surface area (Å²) in [6.45, 7) is 5.06. The monoisotopic (exact) mass is 438 g/mol. The van der Waals surface area contributed by atoms with E-state index in [9.17, 15) is 14.4 Å². The van der Waals surface area contributed by atoms with Crippen molar-refractivity contribution in [1.29, 1.82) is 0 Å². The van der Waals surface area contributed by atoms with Gasteiger partial charge in [-0.25, -0.2) is 4.79 Å². The van der Waals surface area contributed by atoms with Gasteiger partial charge in [-0.3, -0.25) is 18.7 Å². The highest BCUT2D eigenvalue weighted by molar-refractivity contribution is 5.91. The van der Waals surface area contributed by atoms with Gasteiger partial charge in [-0.1, -0.05) is 6.92 Å². The normalized spacial score (nSPS) is 25.6. The first-order valence-electron chi connectivity index (χ1n) is 12.2. The highest BCUT2D eigenvalue weighted by Crippen LogP contribution is 2.37. The molecule has 2 aliphatic heterocycles. The third-order valence-electron chi connectivity index (χ3n) is 7.93. The van der Waals surface area contributed by atoms with Crippen LogP contribution in [0.2, 0.25) is 0 Å². The molecule has 2 unspecified atom stereocenters. The van der Waals surface area contributed by atoms with Gasteiger partial charge in [0.2, 0.25) is 0 Å². The van der Waals surface area contributed by atoms with Crippen molar-refractivity contribution in [3.63, 3.8) is 0 Å². The van der Waals surface area contributed by atoms with E-state index in [1.165, 1.54) is 11.3 Å². The van der Waals surface area contributed by atoms with Gasteiger partial charge in [0.25, 0.3) is 0 Å². The van der Waals surface area contributed by atoms with Crippen LogP contribution >= 0.6 is 0 Å². The molecule has 0 bridgehead atoms. The van der Waals surface area contributed by atoms with Crippen LogP contribution in [-0.2, 0) is 23.1 Å². The molecular formula is C25H34N4O3. The van der Waals surface area contributed by atoms with E-state index in [0.29, 0.717) is 31.7 Å². The molecule has 0 spiro atoms. The Kier molecular flexibility index (Phi) is 5.70. The Morgan fingerprint density at radius 3 is 2.47 bits per heavy atom. The lowest BCUT2D eigenvalue weighted by Crippen LogP contribution is -2.45. The number of benzene rings is 1. The number of ketones is 2. The number of aryl methyl sites for hydroxylation is 2. The van der Waals surface area contributed by atoms with E-state index in [2.05, 4.69) is 16.3 Å². The summed E-state index contributed by atoms with van der Waals surface area (Å²) in [6, 6.07) is 4.18. The fourth-order valence-electron chi connectivity index (χ4n) is 6.05. The number of nitrogens with one attached hydrogen (secondary N) is 1. The number of fused-ring (bicyclic) bond motifs is 3. The molecule has 1 saturated carbocycles. The van der Waals surface area contributed by atoms with Crippen LogP contribution in [0.5, 0.6) is 0 Å². The third kappa shape index (κ3) is 3.51. The van der Waals surface area contributed by atoms with Crippen molar-refractivity contribution in [3.8, 4) is 0 Å². The molecule has 172 valence electrons. The van der Waals surface area contributed by atoms with Gasteiger partial charge in [0, 0.05) is 49.6 Å². The minimum atomic E-state index is -0.551. The summed E-state index contributed by atoms with van der Waals surface area (Å²) in [5.74, 6) is 0.205. The zero-order valence-electron chi connectivity index (χ0n) is 19.2. The molecule has 32 heavy (non-hydrogen) atoms. The molecule has 2 aromatic rings. The molecule has 1 aliphatic carbocycles. The molecule has 0 radical (unpaired) electrons. The van der Waals surface area contributed by atoms with Crippen LogP contribution in [0.25, 0.3) is 11.0 Å². The fourth-order valence-corrected chi connectivity index (χ4v) is 6.05. The number of nitrogens with zero attached hydrogens (tertiary/aromatic N) is 3. The highest BCUT2D eigenvalue weighted by Gasteiger charge is 2.32. The molecule has 1 aromatic carbocycles. The standard InChI is InChI=1S/C25H34N4O3/c1-16-5-9-23(31)20(8-10-22(16)30)29-21-7-6-19-18(24(21)27(2)25(29)32)4-3-15-28(19)17-11-13-26-14-12-17/h6-7,16-17,20,26H,3-5,8-15H2,1-2H3. The quantitative estimate of drug-likeness (QED) is 0.780. The smallest absolute Gasteiger partial charge is 0.329 e. The number of piperidine rings is 1. The molecule has 7 nitrogen and oxygen atoms in total. The van der Waals surface area contributed by atoms with E-state index < -0.39 is 6.04 Å². The summed E-state index contributed by atoms with van der Waals surface area (Å²) < 4.78 is 3.42. The van der Waals surface area contributed by atoms with Crippen molar-refractivity contribution in [2.45, 2.75) is 70.4 Å². The zero-order chi connectivity index (χ0) is 22.4. The van der Waals surface area contributed by atoms with E-state index in [0.717, 1.165) is 56.4 Å². The van der Waals surface area contributed by atoms with Crippen molar-refractivity contribution in [2.24, 2.45) is 13.0 Å². The molecule has 5 rings (SSSR count). The second-order valence-corrected chi connectivity index (χ2v) is 9.85. The van der Waals surface area contributed by atoms with Gasteiger partial charge in [-0.15, -0.1) is 0 Å². The molecule has 3 aliphatic rings. The number of Topliss-reactive ketones (excluding diaryl/α,β-unsaturated/α-hetero) is 2. The van der Waals surface area contributed by atoms with Crippen LogP contribution in [0.4, 0.5) is 5.69 Å². The summed E-state index contributed by atoms with van der Waals surface area (Å²) in [5.41, 5.74) is 4.13. The zero-order valence-corrected chi connectivity index (χ0v) is 19.2. The lowest BCUT2D eigenvalue weighted by molar-refractivity contribution is -0.127. The van der Waals surface area contributed by atoms with Gasteiger partial charge in [-0.05, 0) is 63.7 Å². The maximum Gasteiger partial charge on any atom is 0.329 e. The number of carbonyl (C=O) groups excluding carboxylic acids is 2. The predicted molar refractivity (Wildman–Crippen MR) is 125 cm³/mol. The van der Waals surface area contributed by atoms with Crippen LogP contribution in [-0.4, -0.2) is 46.4 Å². The molecule has 2 fully saturated rings. The van der Waals surface area contributed by atoms with E-state index in [4.69, 9.17) is 0 Å². The summed E-state index contributed by atoms with van der Waals surface area (Å²) in [5, 5.41) is 3.45. The maximum atomic E-state index is 13.4. The molecule has 1 aromatic heterocycles. The van der Waals surface area contributed by atoms with Crippen molar-refractivity contribution in [3.05, 3.63) is 28.2 Å². The largest absolute Gasteiger partial charge is 0.368 e. The SMILES string of the molecule is CC1CCC(=O)C(n2c(=O)n(C)c3c4c(ccc32)N(C2CCNCC2)CCC4)CCC1=O. The van der Waals surface area contributed by atoms with Crippen molar-refractivity contribution in [1.82, 2.24) is 14.5 Å². The third-order valence-corrected chi connectivity index (χ3v) is 7.93. The van der Waals surface area contributed by atoms with Gasteiger partial charge in [0.1, 0.15) is 5.78 Å². The average molecular weight is 439 g/mol. The molecule has 0 amide bonds. The number of hydrogen-bond donors (Lipinski definition) is 1. The highest BCUT2D eigenvalue weighted by atomic mass is 16.2. The number of imidazole rings is 1. The van der Waals surface area contributed by atoms with E-state index in [1.54, 1.807) is 9.13 Å². The number of hydrogen-bond acceptors (Lipinski definition) is 5. The van der Waals surface area contributed by atoms with Gasteiger partial charge >= 0.3 is 5.69 Å². The Hall–Kier alpha value is -2.41. The molecule has 3 heterocycles. The molecule has 7 heteroatoms. The summed E-state index contributed by atoms with van der Waals surface area (Å²) >= 11 is 0. The van der Waals surface area contributed by atoms with Crippen LogP contribution in [0.3, 0.4) is 0 Å². The summed E-state index contributed by atoms with van der Waals surface area (Å²) in [7, 11) is 1.82. The Bertz CT molecular complexity index is 1110. The Labute approximate surface area is 188 Å². The number of rotatable bonds is 2. The van der Waals surface area contributed by atoms with Crippen LogP contribution in [0, 0.1) is 5.92 Å². The Morgan fingerprint density at radius 1 is 0.938 bits per heavy atom. The average Bonchev–Trinajstić information content (AvgIpc) is 3.07. The summed E-state index contributed by atoms with van der Waals surface area (Å²) in [6.07, 6.45) is 6.00. The minimum absolute atomic E-state index is 0.0721. The first-order chi connectivity index (χ1) is 15.5. The van der Waals surface area contributed by atoms with Gasteiger partial charge in [0.05, 0.1) is 17.1 Å². The lowest BCUT2D eigenvalue weighted by atomic mass is 9.88. The topological polar surface area (TPSA) is 76.3 Å². The molecule has 1 N–H and O–H groups in total. The second kappa shape index (κ2) is 8.50. The second-order valence-electron chi connectivity index (χ2n) is 9.85. The van der Waals surface area contributed by atoms with Crippen molar-refractivity contribution >= 4 is 28.3 Å². The molecule has 1 saturated heterocycles. The van der Waals surface area contributed by atoms with Crippen molar-refractivity contribution in [2.75, 3.05) is 24.5 Å². The first kappa shape index (κ1) is 21.4. The minimum Gasteiger partial charge on any atom is -0.368 e.